The largest absolute Gasteiger partial charge is 0.493 e. The van der Waals surface area contributed by atoms with Crippen molar-refractivity contribution in [2.45, 2.75) is 135 Å². The molecule has 0 spiro atoms. The van der Waals surface area contributed by atoms with Gasteiger partial charge in [-0.2, -0.15) is 19.0 Å². The quantitative estimate of drug-likeness (QED) is 0.0280. The molecule has 1 saturated heterocycles. The van der Waals surface area contributed by atoms with Crippen LogP contribution >= 0.6 is 11.3 Å². The van der Waals surface area contributed by atoms with E-state index in [1.54, 1.807) is 57.3 Å². The van der Waals surface area contributed by atoms with E-state index in [2.05, 4.69) is 25.7 Å². The van der Waals surface area contributed by atoms with Crippen LogP contribution in [-0.4, -0.2) is 108 Å². The number of β-amino-alcohol motifs (C(OH)–C–C–N with tert-alkyl or cyclic N) is 1. The molecule has 83 heavy (non-hydrogen) atoms. The number of amides is 3. The lowest BCUT2D eigenvalue weighted by molar-refractivity contribution is -0.145. The molecule has 9 rings (SSSR count). The minimum absolute atomic E-state index is 0.000567. The number of nitrogen functional groups attached to an aromatic ring is 1. The molecule has 442 valence electrons. The van der Waals surface area contributed by atoms with Crippen molar-refractivity contribution in [3.8, 4) is 44.3 Å². The molecule has 1 saturated carbocycles. The van der Waals surface area contributed by atoms with Crippen molar-refractivity contribution < 1.29 is 54.9 Å². The number of anilines is 2. The molecule has 1 aliphatic heterocycles. The van der Waals surface area contributed by atoms with Gasteiger partial charge in [-0.15, -0.1) is 11.3 Å². The summed E-state index contributed by atoms with van der Waals surface area (Å²) in [4.78, 5) is 51.8. The fourth-order valence-electron chi connectivity index (χ4n) is 10.1. The minimum atomic E-state index is -5.08. The number of pyridine rings is 1. The van der Waals surface area contributed by atoms with Crippen LogP contribution in [0, 0.1) is 18.2 Å². The third-order valence-electron chi connectivity index (χ3n) is 14.9. The number of halogens is 4. The molecular weight excluding hydrogens is 1120 g/mol. The van der Waals surface area contributed by atoms with E-state index in [-0.39, 0.29) is 49.6 Å². The summed E-state index contributed by atoms with van der Waals surface area (Å²) in [6.07, 6.45) is 8.04. The number of nitrogens with zero attached hydrogens (tertiary/aromatic N) is 7. The third-order valence-corrected chi connectivity index (χ3v) is 16.8. The lowest BCUT2D eigenvalue weighted by Gasteiger charge is -2.35. The molecule has 6 N–H and O–H groups in total. The van der Waals surface area contributed by atoms with E-state index in [1.165, 1.54) is 58.7 Å². The van der Waals surface area contributed by atoms with Gasteiger partial charge in [-0.1, -0.05) is 70.4 Å². The highest BCUT2D eigenvalue weighted by molar-refractivity contribution is 7.93. The Morgan fingerprint density at radius 2 is 1.66 bits per heavy atom. The molecular formula is C58H67F4N11O8S2. The Morgan fingerprint density at radius 1 is 0.952 bits per heavy atom. The second-order valence-electron chi connectivity index (χ2n) is 22.2. The minimum Gasteiger partial charge on any atom is -0.493 e. The van der Waals surface area contributed by atoms with Gasteiger partial charge in [0.15, 0.2) is 5.67 Å². The Hall–Kier alpha value is -7.64. The van der Waals surface area contributed by atoms with Crippen molar-refractivity contribution in [2.75, 3.05) is 23.6 Å². The number of aliphatic hydroxyl groups excluding tert-OH is 1. The van der Waals surface area contributed by atoms with Gasteiger partial charge in [-0.3, -0.25) is 28.5 Å². The van der Waals surface area contributed by atoms with Crippen molar-refractivity contribution in [3.05, 3.63) is 107 Å². The number of nitrogens with one attached hydrogen (secondary N) is 3. The van der Waals surface area contributed by atoms with Gasteiger partial charge in [0.2, 0.25) is 11.8 Å². The summed E-state index contributed by atoms with van der Waals surface area (Å²) in [7, 11) is -3.35. The van der Waals surface area contributed by atoms with E-state index in [0.29, 0.717) is 57.8 Å². The standard InChI is InChI=1S/C58H67F4N11O8S2/c1-33-50(82-32-66-33)37-12-13-38(27-65-53(75)44-26-41(74)31-73(44)54(76)51(57(3,4)5)68-55(77)58(62)20-21-58)45(25-37)80-23-11-9-7-8-10-22-72-30-39(28-67-72)42-29-64-52(63)47-48(69-71(6)49(42)47)36-16-19-43(70-83(78,79)56(60)61)46(24-36)81-34(2)35-14-17-40(59)18-15-35/h12-19,24-25,28-30,32,34,41,44,51,56,70,74H,7-11,20-23,26-27,31H2,1-6H3,(H2,63,64)(H,65,75)(H,68,77)/t34-,41+,44-,51-/m0/s1. The number of thiazole rings is 1. The van der Waals surface area contributed by atoms with Crippen molar-refractivity contribution in [1.82, 2.24) is 45.1 Å². The van der Waals surface area contributed by atoms with Crippen LogP contribution in [0.25, 0.3) is 43.7 Å². The number of rotatable bonds is 24. The van der Waals surface area contributed by atoms with E-state index < -0.39 is 74.7 Å². The van der Waals surface area contributed by atoms with Crippen molar-refractivity contribution in [2.24, 2.45) is 12.5 Å². The van der Waals surface area contributed by atoms with Crippen LogP contribution in [0.3, 0.4) is 0 Å². The number of likely N-dealkylation sites (tertiary alicyclic amines) is 1. The third kappa shape index (κ3) is 13.7. The van der Waals surface area contributed by atoms with Gasteiger partial charge in [-0.25, -0.2) is 27.2 Å². The van der Waals surface area contributed by atoms with Crippen LogP contribution in [-0.2, 0) is 44.5 Å². The van der Waals surface area contributed by atoms with Crippen molar-refractivity contribution in [3.63, 3.8) is 0 Å². The Bertz CT molecular complexity index is 3620. The topological polar surface area (TPSA) is 251 Å². The zero-order valence-electron chi connectivity index (χ0n) is 46.8. The maximum atomic E-state index is 14.7. The average molecular weight is 1190 g/mol. The maximum absolute atomic E-state index is 14.7. The molecule has 0 unspecified atom stereocenters. The van der Waals surface area contributed by atoms with E-state index in [9.17, 15) is 45.5 Å². The van der Waals surface area contributed by atoms with E-state index >= 15 is 0 Å². The zero-order chi connectivity index (χ0) is 59.5. The normalized spacial score (nSPS) is 16.7. The van der Waals surface area contributed by atoms with E-state index in [4.69, 9.17) is 20.3 Å². The Labute approximate surface area is 482 Å². The molecule has 5 heterocycles. The summed E-state index contributed by atoms with van der Waals surface area (Å²) in [6.45, 7) is 9.84. The Morgan fingerprint density at radius 3 is 2.36 bits per heavy atom. The smallest absolute Gasteiger partial charge is 0.355 e. The first-order valence-electron chi connectivity index (χ1n) is 27.3. The first-order chi connectivity index (χ1) is 39.4. The number of aliphatic hydroxyl groups is 1. The fraction of sp³-hybridized carbons (Fsp3) is 0.431. The first kappa shape index (κ1) is 60.0. The van der Waals surface area contributed by atoms with Crippen LogP contribution in [0.15, 0.2) is 84.8 Å². The molecule has 0 bridgehead atoms. The van der Waals surface area contributed by atoms with Crippen LogP contribution in [0.5, 0.6) is 11.5 Å². The zero-order valence-corrected chi connectivity index (χ0v) is 48.4. The summed E-state index contributed by atoms with van der Waals surface area (Å²) in [5.74, 6) is -5.42. The molecule has 3 aromatic carbocycles. The monoisotopic (exact) mass is 1190 g/mol. The highest BCUT2D eigenvalue weighted by Crippen LogP contribution is 2.42. The number of nitrogens with two attached hydrogens (primary N) is 1. The van der Waals surface area contributed by atoms with Crippen LogP contribution in [0.1, 0.15) is 102 Å². The number of benzene rings is 3. The van der Waals surface area contributed by atoms with Gasteiger partial charge in [0.1, 0.15) is 47.0 Å². The highest BCUT2D eigenvalue weighted by Gasteiger charge is 2.53. The van der Waals surface area contributed by atoms with Gasteiger partial charge in [0.25, 0.3) is 15.9 Å². The molecule has 7 aromatic rings. The summed E-state index contributed by atoms with van der Waals surface area (Å²) in [6, 6.07) is 13.4. The number of alkyl halides is 3. The molecule has 2 aliphatic rings. The lowest BCUT2D eigenvalue weighted by atomic mass is 9.85. The molecule has 4 atom stereocenters. The van der Waals surface area contributed by atoms with Crippen molar-refractivity contribution >= 4 is 61.5 Å². The Kier molecular flexibility index (Phi) is 17.8. The second-order valence-corrected chi connectivity index (χ2v) is 24.7. The fourth-order valence-corrected chi connectivity index (χ4v) is 11.4. The molecule has 2 fully saturated rings. The highest BCUT2D eigenvalue weighted by atomic mass is 32.2. The number of ether oxygens (including phenoxy) is 2. The maximum Gasteiger partial charge on any atom is 0.355 e. The number of unbranched alkanes of at least 4 members (excludes halogenated alkanes) is 4. The number of carbonyl (C=O) groups is 3. The van der Waals surface area contributed by atoms with E-state index in [0.717, 1.165) is 53.8 Å². The SMILES string of the molecule is Cc1ncsc1-c1ccc(CNC(=O)[C@@H]2C[C@@H](O)CN2C(=O)[C@H](NC(=O)C2(F)CC2)C(C)(C)C)c(OCCCCCCCn2cc(-c3cnc(N)c4c(-c5ccc(NS(=O)(=O)C(F)F)c(O[C@@H](C)c6ccc(F)cc6)c5)nn(C)c34)cn2)c1. The number of aromatic nitrogens is 6. The van der Waals surface area contributed by atoms with Crippen molar-refractivity contribution in [1.29, 1.82) is 0 Å². The summed E-state index contributed by atoms with van der Waals surface area (Å²) in [5.41, 5.74) is 11.1. The molecule has 0 radical (unpaired) electrons. The van der Waals surface area contributed by atoms with Crippen LogP contribution < -0.4 is 30.6 Å². The second kappa shape index (κ2) is 24.7. The summed E-state index contributed by atoms with van der Waals surface area (Å²) >= 11 is 1.51. The number of sulfonamides is 1. The van der Waals surface area contributed by atoms with Crippen LogP contribution in [0.4, 0.5) is 29.1 Å². The number of aryl methyl sites for hydroxylation is 3. The molecule has 3 amide bonds. The van der Waals surface area contributed by atoms with Gasteiger partial charge < -0.3 is 35.8 Å². The molecule has 4 aromatic heterocycles. The number of hydrogen-bond donors (Lipinski definition) is 5. The lowest BCUT2D eigenvalue weighted by Crippen LogP contribution is -2.59. The Balaban J connectivity index is 0.807. The number of fused-ring (bicyclic) bond motifs is 1. The van der Waals surface area contributed by atoms with Gasteiger partial charge in [0, 0.05) is 67.8 Å². The van der Waals surface area contributed by atoms with Gasteiger partial charge in [-0.05, 0) is 86.4 Å². The predicted molar refractivity (Wildman–Crippen MR) is 307 cm³/mol. The van der Waals surface area contributed by atoms with Gasteiger partial charge in [0.05, 0.1) is 51.6 Å². The number of hydrogen-bond acceptors (Lipinski definition) is 14. The average Bonchev–Trinajstić information content (AvgIpc) is 2.74. The van der Waals surface area contributed by atoms with Gasteiger partial charge >= 0.3 is 5.76 Å². The molecule has 1 aliphatic carbocycles. The van der Waals surface area contributed by atoms with E-state index in [1.807, 2.05) is 40.7 Å². The first-order valence-corrected chi connectivity index (χ1v) is 29.8. The van der Waals surface area contributed by atoms with Crippen LogP contribution in [0.2, 0.25) is 0 Å². The number of carbonyl (C=O) groups excluding carboxylic acids is 3. The molecule has 25 heteroatoms. The predicted octanol–water partition coefficient (Wildman–Crippen LogP) is 9.40. The summed E-state index contributed by atoms with van der Waals surface area (Å²) < 4.78 is 98.0. The summed E-state index contributed by atoms with van der Waals surface area (Å²) in [5, 5.41) is 26.1. The molecule has 19 nitrogen and oxygen atoms in total.